The number of hydrogen-bond acceptors (Lipinski definition) is 3. The number of amides is 1. The van der Waals surface area contributed by atoms with Gasteiger partial charge in [-0.2, -0.15) is 0 Å². The third-order valence-corrected chi connectivity index (χ3v) is 3.51. The van der Waals surface area contributed by atoms with E-state index in [1.165, 1.54) is 21.8 Å². The zero-order chi connectivity index (χ0) is 12.1. The number of aliphatic hydroxyl groups excluding tert-OH is 1. The van der Waals surface area contributed by atoms with Crippen molar-refractivity contribution in [3.8, 4) is 0 Å². The molecule has 1 heterocycles. The summed E-state index contributed by atoms with van der Waals surface area (Å²) in [6.07, 6.45) is 2.11. The molecule has 0 saturated carbocycles. The SMILES string of the molecule is CCCc1cc(C(=O)N[C@@H](C)CO)sc1C. The largest absolute Gasteiger partial charge is 0.394 e. The summed E-state index contributed by atoms with van der Waals surface area (Å²) < 4.78 is 0. The quantitative estimate of drug-likeness (QED) is 0.829. The molecule has 1 amide bonds. The fraction of sp³-hybridized carbons (Fsp3) is 0.583. The molecule has 1 atom stereocenters. The van der Waals surface area contributed by atoms with E-state index in [4.69, 9.17) is 5.11 Å². The van der Waals surface area contributed by atoms with Gasteiger partial charge in [0.05, 0.1) is 11.5 Å². The van der Waals surface area contributed by atoms with Crippen molar-refractivity contribution >= 4 is 17.2 Å². The Hall–Kier alpha value is -0.870. The predicted octanol–water partition coefficient (Wildman–Crippen LogP) is 2.12. The molecular weight excluding hydrogens is 222 g/mol. The number of nitrogens with one attached hydrogen (secondary N) is 1. The zero-order valence-electron chi connectivity index (χ0n) is 10.0. The molecule has 0 aliphatic heterocycles. The minimum atomic E-state index is -0.190. The second-order valence-corrected chi connectivity index (χ2v) is 5.26. The molecule has 1 aromatic rings. The highest BCUT2D eigenvalue weighted by molar-refractivity contribution is 7.14. The van der Waals surface area contributed by atoms with Crippen LogP contribution in [0.4, 0.5) is 0 Å². The number of carbonyl (C=O) groups excluding carboxylic acids is 1. The van der Waals surface area contributed by atoms with Gasteiger partial charge < -0.3 is 10.4 Å². The van der Waals surface area contributed by atoms with Crippen molar-refractivity contribution in [1.29, 1.82) is 0 Å². The molecule has 90 valence electrons. The molecule has 0 bridgehead atoms. The van der Waals surface area contributed by atoms with Crippen LogP contribution in [0.3, 0.4) is 0 Å². The molecule has 0 aromatic carbocycles. The lowest BCUT2D eigenvalue weighted by Gasteiger charge is -2.08. The van der Waals surface area contributed by atoms with E-state index in [1.54, 1.807) is 6.92 Å². The summed E-state index contributed by atoms with van der Waals surface area (Å²) in [5.74, 6) is -0.0861. The first kappa shape index (κ1) is 13.2. The van der Waals surface area contributed by atoms with Crippen molar-refractivity contribution < 1.29 is 9.90 Å². The molecule has 0 radical (unpaired) electrons. The topological polar surface area (TPSA) is 49.3 Å². The van der Waals surface area contributed by atoms with Gasteiger partial charge in [-0.3, -0.25) is 4.79 Å². The van der Waals surface area contributed by atoms with Crippen molar-refractivity contribution in [2.45, 2.75) is 39.7 Å². The van der Waals surface area contributed by atoms with Gasteiger partial charge in [0.2, 0.25) is 0 Å². The second kappa shape index (κ2) is 6.01. The van der Waals surface area contributed by atoms with Crippen LogP contribution >= 0.6 is 11.3 Å². The second-order valence-electron chi connectivity index (χ2n) is 4.00. The first-order chi connectivity index (χ1) is 7.58. The van der Waals surface area contributed by atoms with Gasteiger partial charge in [0, 0.05) is 10.9 Å². The molecular formula is C12H19NO2S. The van der Waals surface area contributed by atoms with E-state index < -0.39 is 0 Å². The highest BCUT2D eigenvalue weighted by Gasteiger charge is 2.13. The molecule has 2 N–H and O–H groups in total. The first-order valence-electron chi connectivity index (χ1n) is 5.59. The average Bonchev–Trinajstić information content (AvgIpc) is 2.61. The third kappa shape index (κ3) is 3.32. The normalized spacial score (nSPS) is 12.5. The molecule has 0 fully saturated rings. The summed E-state index contributed by atoms with van der Waals surface area (Å²) in [5.41, 5.74) is 1.26. The fourth-order valence-electron chi connectivity index (χ4n) is 1.49. The Balaban J connectivity index is 2.72. The van der Waals surface area contributed by atoms with Gasteiger partial charge in [0.1, 0.15) is 0 Å². The number of rotatable bonds is 5. The lowest BCUT2D eigenvalue weighted by atomic mass is 10.1. The van der Waals surface area contributed by atoms with E-state index >= 15 is 0 Å². The Morgan fingerprint density at radius 2 is 2.31 bits per heavy atom. The predicted molar refractivity (Wildman–Crippen MR) is 67.1 cm³/mol. The molecule has 1 aromatic heterocycles. The van der Waals surface area contributed by atoms with Crippen LogP contribution in [-0.4, -0.2) is 23.7 Å². The standard InChI is InChI=1S/C12H19NO2S/c1-4-5-10-6-11(16-9(10)3)12(15)13-8(2)7-14/h6,8,14H,4-5,7H2,1-3H3,(H,13,15)/t8-/m0/s1. The summed E-state index contributed by atoms with van der Waals surface area (Å²) in [4.78, 5) is 13.7. The van der Waals surface area contributed by atoms with Gasteiger partial charge in [0.25, 0.3) is 5.91 Å². The van der Waals surface area contributed by atoms with Crippen LogP contribution < -0.4 is 5.32 Å². The van der Waals surface area contributed by atoms with Crippen molar-refractivity contribution in [2.24, 2.45) is 0 Å². The Labute approximate surface area is 100 Å². The zero-order valence-corrected chi connectivity index (χ0v) is 10.9. The van der Waals surface area contributed by atoms with Crippen LogP contribution in [0.5, 0.6) is 0 Å². The smallest absolute Gasteiger partial charge is 0.261 e. The number of hydrogen-bond donors (Lipinski definition) is 2. The van der Waals surface area contributed by atoms with Crippen LogP contribution in [0, 0.1) is 6.92 Å². The average molecular weight is 241 g/mol. The molecule has 0 aliphatic carbocycles. The molecule has 1 rings (SSSR count). The van der Waals surface area contributed by atoms with E-state index in [1.807, 2.05) is 13.0 Å². The maximum absolute atomic E-state index is 11.8. The Morgan fingerprint density at radius 3 is 2.88 bits per heavy atom. The van der Waals surface area contributed by atoms with E-state index in [-0.39, 0.29) is 18.6 Å². The van der Waals surface area contributed by atoms with Crippen molar-refractivity contribution in [1.82, 2.24) is 5.32 Å². The van der Waals surface area contributed by atoms with Crippen molar-refractivity contribution in [3.63, 3.8) is 0 Å². The number of aryl methyl sites for hydroxylation is 2. The highest BCUT2D eigenvalue weighted by atomic mass is 32.1. The molecule has 0 spiro atoms. The molecule has 0 saturated heterocycles. The number of carbonyl (C=O) groups is 1. The summed E-state index contributed by atoms with van der Waals surface area (Å²) >= 11 is 1.52. The fourth-order valence-corrected chi connectivity index (χ4v) is 2.46. The van der Waals surface area contributed by atoms with Gasteiger partial charge in [-0.05, 0) is 31.9 Å². The van der Waals surface area contributed by atoms with Gasteiger partial charge in [-0.1, -0.05) is 13.3 Å². The first-order valence-corrected chi connectivity index (χ1v) is 6.41. The maximum Gasteiger partial charge on any atom is 0.261 e. The summed E-state index contributed by atoms with van der Waals surface area (Å²) in [7, 11) is 0. The maximum atomic E-state index is 11.8. The van der Waals surface area contributed by atoms with Gasteiger partial charge in [0.15, 0.2) is 0 Å². The Bertz CT molecular complexity index is 360. The van der Waals surface area contributed by atoms with Gasteiger partial charge in [-0.15, -0.1) is 11.3 Å². The van der Waals surface area contributed by atoms with E-state index in [0.29, 0.717) is 0 Å². The van der Waals surface area contributed by atoms with Crippen LogP contribution in [0.2, 0.25) is 0 Å². The number of aliphatic hydroxyl groups is 1. The molecule has 4 heteroatoms. The van der Waals surface area contributed by atoms with Crippen molar-refractivity contribution in [2.75, 3.05) is 6.61 Å². The Kier molecular flexibility index (Phi) is 4.96. The minimum Gasteiger partial charge on any atom is -0.394 e. The molecule has 0 unspecified atom stereocenters. The Morgan fingerprint density at radius 1 is 1.62 bits per heavy atom. The van der Waals surface area contributed by atoms with E-state index in [9.17, 15) is 4.79 Å². The third-order valence-electron chi connectivity index (χ3n) is 2.42. The van der Waals surface area contributed by atoms with Gasteiger partial charge in [-0.25, -0.2) is 0 Å². The molecule has 0 aliphatic rings. The molecule has 3 nitrogen and oxygen atoms in total. The summed E-state index contributed by atoms with van der Waals surface area (Å²) in [6.45, 7) is 5.93. The van der Waals surface area contributed by atoms with Crippen LogP contribution in [-0.2, 0) is 6.42 Å². The number of thiophene rings is 1. The van der Waals surface area contributed by atoms with Crippen LogP contribution in [0.25, 0.3) is 0 Å². The van der Waals surface area contributed by atoms with Crippen molar-refractivity contribution in [3.05, 3.63) is 21.4 Å². The van der Waals surface area contributed by atoms with Crippen LogP contribution in [0.15, 0.2) is 6.07 Å². The van der Waals surface area contributed by atoms with E-state index in [0.717, 1.165) is 17.7 Å². The molecule has 16 heavy (non-hydrogen) atoms. The minimum absolute atomic E-state index is 0.0298. The van der Waals surface area contributed by atoms with E-state index in [2.05, 4.69) is 12.2 Å². The monoisotopic (exact) mass is 241 g/mol. The summed E-state index contributed by atoms with van der Waals surface area (Å²) in [5, 5.41) is 11.6. The lowest BCUT2D eigenvalue weighted by molar-refractivity contribution is 0.0926. The lowest BCUT2D eigenvalue weighted by Crippen LogP contribution is -2.34. The van der Waals surface area contributed by atoms with Crippen LogP contribution in [0.1, 0.15) is 40.4 Å². The highest BCUT2D eigenvalue weighted by Crippen LogP contribution is 2.22. The van der Waals surface area contributed by atoms with Gasteiger partial charge >= 0.3 is 0 Å². The summed E-state index contributed by atoms with van der Waals surface area (Å²) in [6, 6.07) is 1.77.